The van der Waals surface area contributed by atoms with Crippen molar-refractivity contribution in [2.45, 2.75) is 144 Å². The molecule has 0 fully saturated rings. The van der Waals surface area contributed by atoms with Gasteiger partial charge >= 0.3 is 5.97 Å². The van der Waals surface area contributed by atoms with Gasteiger partial charge in [-0.25, -0.2) is 4.98 Å². The molecular formula is C47H69NO6SSi2. The first-order chi connectivity index (χ1) is 26.4. The van der Waals surface area contributed by atoms with E-state index in [4.69, 9.17) is 20.0 Å². The number of thiazole rings is 1. The van der Waals surface area contributed by atoms with Crippen LogP contribution in [0.25, 0.3) is 6.08 Å². The van der Waals surface area contributed by atoms with Gasteiger partial charge in [-0.05, 0) is 71.4 Å². The van der Waals surface area contributed by atoms with Crippen LogP contribution < -0.4 is 10.4 Å². The number of aromatic nitrogens is 1. The number of rotatable bonds is 19. The molecule has 1 aromatic heterocycles. The van der Waals surface area contributed by atoms with Crippen molar-refractivity contribution in [3.8, 4) is 12.3 Å². The van der Waals surface area contributed by atoms with Crippen LogP contribution in [0.2, 0.25) is 23.2 Å². The summed E-state index contributed by atoms with van der Waals surface area (Å²) < 4.78 is 20.1. The normalized spacial score (nSPS) is 15.9. The number of ether oxygens (including phenoxy) is 1. The minimum Gasteiger partial charge on any atom is -0.457 e. The van der Waals surface area contributed by atoms with Gasteiger partial charge in [0.25, 0.3) is 8.32 Å². The van der Waals surface area contributed by atoms with Crippen LogP contribution in [-0.2, 0) is 23.2 Å². The zero-order valence-corrected chi connectivity index (χ0v) is 39.9. The van der Waals surface area contributed by atoms with Gasteiger partial charge in [-0.2, -0.15) is 0 Å². The largest absolute Gasteiger partial charge is 0.457 e. The molecule has 0 aliphatic rings. The fraction of sp³-hybridized carbons (Fsp3) is 0.553. The van der Waals surface area contributed by atoms with Gasteiger partial charge in [0.05, 0.1) is 29.3 Å². The second-order valence-corrected chi connectivity index (χ2v) is 28.9. The highest BCUT2D eigenvalue weighted by Crippen LogP contribution is 2.42. The Bertz CT molecular complexity index is 1790. The first kappa shape index (κ1) is 48.2. The summed E-state index contributed by atoms with van der Waals surface area (Å²) in [6.07, 6.45) is 5.84. The maximum Gasteiger partial charge on any atom is 0.309 e. The monoisotopic (exact) mass is 831 g/mol. The molecule has 3 aromatic rings. The van der Waals surface area contributed by atoms with Gasteiger partial charge in [0.15, 0.2) is 8.32 Å². The standard InChI is InChI=1S/C47H69NO6SSi2/c1-16-23-40(34(3)30-37-32-55-36(5)48-37)53-42(49)31-41(54-56(14,15)45(6,7)8)47(12,13)44(51)35(4)43(50)33(2)28-29-52-57(46(9,10)11,38-24-19-17-20-25-38)39-26-21-18-22-27-39/h1,17-22,24-27,30,32-33,35,40-41,43,50H,23,28-29,31H2,2-15H3/b34-30+/t33-,35+,40-,41-,43-/m0/s1. The van der Waals surface area contributed by atoms with E-state index in [0.29, 0.717) is 13.0 Å². The summed E-state index contributed by atoms with van der Waals surface area (Å²) in [6.45, 7) is 29.0. The van der Waals surface area contributed by atoms with Crippen LogP contribution >= 0.6 is 11.3 Å². The number of aliphatic hydroxyl groups is 1. The lowest BCUT2D eigenvalue weighted by Gasteiger charge is -2.44. The average Bonchev–Trinajstić information content (AvgIpc) is 3.55. The van der Waals surface area contributed by atoms with E-state index in [0.717, 1.165) is 16.3 Å². The average molecular weight is 832 g/mol. The van der Waals surface area contributed by atoms with Crippen molar-refractivity contribution in [1.82, 2.24) is 4.98 Å². The molecule has 3 rings (SSSR count). The summed E-state index contributed by atoms with van der Waals surface area (Å²) in [5, 5.41) is 16.7. The molecular weight excluding hydrogens is 763 g/mol. The molecule has 5 atom stereocenters. The fourth-order valence-corrected chi connectivity index (χ4v) is 13.8. The number of hydrogen-bond acceptors (Lipinski definition) is 8. The zero-order chi connectivity index (χ0) is 43.0. The van der Waals surface area contributed by atoms with Gasteiger partial charge in [-0.3, -0.25) is 9.59 Å². The van der Waals surface area contributed by atoms with E-state index < -0.39 is 52.2 Å². The lowest BCUT2D eigenvalue weighted by atomic mass is 9.73. The quantitative estimate of drug-likeness (QED) is 0.0731. The van der Waals surface area contributed by atoms with Crippen molar-refractivity contribution in [2.75, 3.05) is 6.61 Å². The maximum absolute atomic E-state index is 14.6. The molecule has 0 aliphatic heterocycles. The molecule has 0 radical (unpaired) electrons. The van der Waals surface area contributed by atoms with Gasteiger partial charge < -0.3 is 18.7 Å². The number of nitrogens with zero attached hydrogens (tertiary/aromatic N) is 1. The van der Waals surface area contributed by atoms with Crippen LogP contribution in [0.3, 0.4) is 0 Å². The fourth-order valence-electron chi connectivity index (χ4n) is 7.23. The first-order valence-corrected chi connectivity index (χ1v) is 26.0. The number of aryl methyl sites for hydroxylation is 1. The molecule has 10 heteroatoms. The van der Waals surface area contributed by atoms with Crippen LogP contribution in [0.4, 0.5) is 0 Å². The van der Waals surface area contributed by atoms with Crippen LogP contribution in [0.15, 0.2) is 71.6 Å². The number of carbonyl (C=O) groups excluding carboxylic acids is 2. The number of ketones is 1. The molecule has 1 heterocycles. The van der Waals surface area contributed by atoms with Gasteiger partial charge in [0.2, 0.25) is 0 Å². The van der Waals surface area contributed by atoms with Gasteiger partial charge in [-0.15, -0.1) is 23.7 Å². The topological polar surface area (TPSA) is 95.0 Å². The molecule has 57 heavy (non-hydrogen) atoms. The molecule has 312 valence electrons. The van der Waals surface area contributed by atoms with Crippen molar-refractivity contribution in [3.63, 3.8) is 0 Å². The van der Waals surface area contributed by atoms with E-state index in [2.05, 4.69) is 114 Å². The number of esters is 1. The van der Waals surface area contributed by atoms with Crippen LogP contribution in [0.5, 0.6) is 0 Å². The molecule has 1 N–H and O–H groups in total. The van der Waals surface area contributed by atoms with Crippen molar-refractivity contribution in [3.05, 3.63) is 82.3 Å². The second kappa shape index (κ2) is 19.7. The molecule has 2 aromatic carbocycles. The predicted molar refractivity (Wildman–Crippen MR) is 242 cm³/mol. The Kier molecular flexibility index (Phi) is 16.7. The summed E-state index contributed by atoms with van der Waals surface area (Å²) in [7, 11) is -5.26. The summed E-state index contributed by atoms with van der Waals surface area (Å²) in [4.78, 5) is 32.9. The first-order valence-electron chi connectivity index (χ1n) is 20.3. The number of terminal acetylenes is 1. The molecule has 0 amide bonds. The smallest absolute Gasteiger partial charge is 0.309 e. The van der Waals surface area contributed by atoms with E-state index >= 15 is 0 Å². The Morgan fingerprint density at radius 1 is 0.930 bits per heavy atom. The summed E-state index contributed by atoms with van der Waals surface area (Å²) in [5.74, 6) is 1.00. The summed E-state index contributed by atoms with van der Waals surface area (Å²) in [5.41, 5.74) is 0.439. The van der Waals surface area contributed by atoms with E-state index in [9.17, 15) is 14.7 Å². The Hall–Kier alpha value is -3.18. The Balaban J connectivity index is 1.85. The van der Waals surface area contributed by atoms with Crippen molar-refractivity contribution in [1.29, 1.82) is 0 Å². The zero-order valence-electron chi connectivity index (χ0n) is 37.1. The molecule has 7 nitrogen and oxygen atoms in total. The molecule has 0 aliphatic carbocycles. The molecule has 0 saturated carbocycles. The summed E-state index contributed by atoms with van der Waals surface area (Å²) >= 11 is 1.54. The second-order valence-electron chi connectivity index (χ2n) is 18.8. The van der Waals surface area contributed by atoms with Gasteiger partial charge in [-0.1, -0.05) is 130 Å². The SMILES string of the molecule is C#CC[C@H](OC(=O)C[C@H](O[Si](C)(C)C(C)(C)C)C(C)(C)C(=O)[C@H](C)[C@@H](O)[C@@H](C)CCO[Si](c1ccccc1)(c1ccccc1)C(C)(C)C)/C(C)=C/c1csc(C)n1. The number of aliphatic hydroxyl groups excluding tert-OH is 1. The van der Waals surface area contributed by atoms with Crippen LogP contribution in [0.1, 0.15) is 106 Å². The van der Waals surface area contributed by atoms with Crippen molar-refractivity contribution >= 4 is 56.2 Å². The highest BCUT2D eigenvalue weighted by molar-refractivity contribution is 7.09. The number of Topliss-reactive ketones (excluding diaryl/α,β-unsaturated/α-hetero) is 1. The van der Waals surface area contributed by atoms with E-state index in [1.807, 2.05) is 58.2 Å². The van der Waals surface area contributed by atoms with Crippen molar-refractivity contribution < 1.29 is 28.3 Å². The molecule has 0 bridgehead atoms. The lowest BCUT2D eigenvalue weighted by Crippen LogP contribution is -2.66. The maximum atomic E-state index is 14.6. The third-order valence-corrected chi connectivity index (χ3v) is 22.3. The molecule has 0 unspecified atom stereocenters. The predicted octanol–water partition coefficient (Wildman–Crippen LogP) is 9.77. The van der Waals surface area contributed by atoms with E-state index in [1.54, 1.807) is 18.3 Å². The van der Waals surface area contributed by atoms with E-state index in [-0.39, 0.29) is 34.6 Å². The summed E-state index contributed by atoms with van der Waals surface area (Å²) in [6, 6.07) is 21.0. The van der Waals surface area contributed by atoms with Gasteiger partial charge in [0.1, 0.15) is 11.9 Å². The molecule has 0 saturated heterocycles. The third-order valence-electron chi connectivity index (χ3n) is 11.9. The Morgan fingerprint density at radius 2 is 1.47 bits per heavy atom. The van der Waals surface area contributed by atoms with Gasteiger partial charge in [0, 0.05) is 29.7 Å². The number of hydrogen-bond donors (Lipinski definition) is 1. The third kappa shape index (κ3) is 12.0. The number of benzene rings is 2. The minimum absolute atomic E-state index is 0.139. The minimum atomic E-state index is -2.76. The highest BCUT2D eigenvalue weighted by atomic mass is 32.1. The molecule has 0 spiro atoms. The lowest BCUT2D eigenvalue weighted by molar-refractivity contribution is -0.153. The Morgan fingerprint density at radius 3 is 1.93 bits per heavy atom. The number of carbonyl (C=O) groups is 2. The van der Waals surface area contributed by atoms with Crippen LogP contribution in [-0.4, -0.2) is 63.4 Å². The Labute approximate surface area is 350 Å². The van der Waals surface area contributed by atoms with E-state index in [1.165, 1.54) is 10.4 Å². The van der Waals surface area contributed by atoms with Crippen LogP contribution in [0, 0.1) is 36.5 Å². The highest BCUT2D eigenvalue weighted by Gasteiger charge is 2.51. The van der Waals surface area contributed by atoms with Crippen molar-refractivity contribution in [2.24, 2.45) is 17.3 Å².